The molecular formula is C19H14Cl2N4O3. The molecule has 7 nitrogen and oxygen atoms in total. The Kier molecular flexibility index (Phi) is 5.04. The van der Waals surface area contributed by atoms with Crippen molar-refractivity contribution in [1.82, 2.24) is 20.7 Å². The molecule has 1 amide bonds. The second-order valence-corrected chi connectivity index (χ2v) is 7.03. The molecule has 4 aromatic rings. The lowest BCUT2D eigenvalue weighted by Crippen LogP contribution is -2.31. The number of aliphatic hydroxyl groups is 1. The summed E-state index contributed by atoms with van der Waals surface area (Å²) in [5, 5.41) is 24.8. The SMILES string of the molecule is O=C(NC(CO)c1cc(Cl)cc(Cl)c1)c1cc(-c2ccc3[nH]ncc3c2)on1. The number of carbonyl (C=O) groups is 1. The maximum absolute atomic E-state index is 12.5. The van der Waals surface area contributed by atoms with Gasteiger partial charge in [0.05, 0.1) is 24.4 Å². The summed E-state index contributed by atoms with van der Waals surface area (Å²) in [6.45, 7) is -0.329. The van der Waals surface area contributed by atoms with Gasteiger partial charge in [-0.05, 0) is 42.0 Å². The second kappa shape index (κ2) is 7.63. The van der Waals surface area contributed by atoms with E-state index in [2.05, 4.69) is 20.7 Å². The van der Waals surface area contributed by atoms with Gasteiger partial charge in [0.1, 0.15) is 0 Å². The van der Waals surface area contributed by atoms with Gasteiger partial charge in [-0.25, -0.2) is 0 Å². The number of H-pyrrole nitrogens is 1. The van der Waals surface area contributed by atoms with Gasteiger partial charge >= 0.3 is 0 Å². The van der Waals surface area contributed by atoms with Gasteiger partial charge in [0, 0.05) is 27.1 Å². The number of amides is 1. The number of aromatic nitrogens is 3. The zero-order chi connectivity index (χ0) is 19.7. The van der Waals surface area contributed by atoms with Gasteiger partial charge in [0.2, 0.25) is 0 Å². The topological polar surface area (TPSA) is 104 Å². The molecule has 1 atom stereocenters. The first-order valence-electron chi connectivity index (χ1n) is 8.31. The highest BCUT2D eigenvalue weighted by atomic mass is 35.5. The van der Waals surface area contributed by atoms with Crippen molar-refractivity contribution in [3.63, 3.8) is 0 Å². The molecule has 0 aliphatic carbocycles. The van der Waals surface area contributed by atoms with E-state index in [9.17, 15) is 9.90 Å². The molecule has 0 bridgehead atoms. The van der Waals surface area contributed by atoms with Crippen molar-refractivity contribution in [2.24, 2.45) is 0 Å². The number of aliphatic hydroxyl groups excluding tert-OH is 1. The summed E-state index contributed by atoms with van der Waals surface area (Å²) in [7, 11) is 0. The van der Waals surface area contributed by atoms with Crippen molar-refractivity contribution in [3.8, 4) is 11.3 Å². The second-order valence-electron chi connectivity index (χ2n) is 6.16. The molecule has 0 aliphatic rings. The van der Waals surface area contributed by atoms with Gasteiger partial charge in [-0.1, -0.05) is 28.4 Å². The Morgan fingerprint density at radius 2 is 1.96 bits per heavy atom. The molecule has 0 saturated carbocycles. The van der Waals surface area contributed by atoms with E-state index >= 15 is 0 Å². The number of carbonyl (C=O) groups excluding carboxylic acids is 1. The fourth-order valence-electron chi connectivity index (χ4n) is 2.86. The Hall–Kier alpha value is -2.87. The van der Waals surface area contributed by atoms with Gasteiger partial charge in [-0.15, -0.1) is 0 Å². The molecular weight excluding hydrogens is 403 g/mol. The van der Waals surface area contributed by atoms with Gasteiger partial charge in [-0.3, -0.25) is 9.89 Å². The van der Waals surface area contributed by atoms with E-state index in [0.29, 0.717) is 21.4 Å². The van der Waals surface area contributed by atoms with Crippen LogP contribution in [0.25, 0.3) is 22.2 Å². The normalized spacial score (nSPS) is 12.2. The van der Waals surface area contributed by atoms with E-state index in [0.717, 1.165) is 16.5 Å². The summed E-state index contributed by atoms with van der Waals surface area (Å²) in [4.78, 5) is 12.5. The summed E-state index contributed by atoms with van der Waals surface area (Å²) < 4.78 is 5.31. The zero-order valence-electron chi connectivity index (χ0n) is 14.3. The quantitative estimate of drug-likeness (QED) is 0.456. The Bertz CT molecular complexity index is 1130. The third-order valence-electron chi connectivity index (χ3n) is 4.24. The van der Waals surface area contributed by atoms with Gasteiger partial charge in [0.15, 0.2) is 11.5 Å². The maximum Gasteiger partial charge on any atom is 0.274 e. The van der Waals surface area contributed by atoms with Crippen molar-refractivity contribution in [2.45, 2.75) is 6.04 Å². The summed E-state index contributed by atoms with van der Waals surface area (Å²) in [6.07, 6.45) is 1.70. The lowest BCUT2D eigenvalue weighted by Gasteiger charge is -2.16. The van der Waals surface area contributed by atoms with E-state index in [1.54, 1.807) is 24.4 Å². The first-order chi connectivity index (χ1) is 13.5. The molecule has 28 heavy (non-hydrogen) atoms. The first kappa shape index (κ1) is 18.5. The highest BCUT2D eigenvalue weighted by molar-refractivity contribution is 6.34. The minimum atomic E-state index is -0.689. The number of nitrogens with zero attached hydrogens (tertiary/aromatic N) is 2. The zero-order valence-corrected chi connectivity index (χ0v) is 15.8. The Labute approximate surface area is 169 Å². The van der Waals surface area contributed by atoms with Crippen LogP contribution in [-0.4, -0.2) is 33.0 Å². The number of hydrogen-bond donors (Lipinski definition) is 3. The fourth-order valence-corrected chi connectivity index (χ4v) is 3.40. The van der Waals surface area contributed by atoms with E-state index in [4.69, 9.17) is 27.7 Å². The van der Waals surface area contributed by atoms with E-state index in [1.165, 1.54) is 6.07 Å². The molecule has 0 fully saturated rings. The molecule has 0 aliphatic heterocycles. The number of fused-ring (bicyclic) bond motifs is 1. The van der Waals surface area contributed by atoms with E-state index < -0.39 is 11.9 Å². The van der Waals surface area contributed by atoms with Crippen LogP contribution in [0.2, 0.25) is 10.0 Å². The van der Waals surface area contributed by atoms with Crippen LogP contribution in [0.4, 0.5) is 0 Å². The Morgan fingerprint density at radius 3 is 2.71 bits per heavy atom. The number of rotatable bonds is 5. The molecule has 2 aromatic carbocycles. The molecule has 9 heteroatoms. The Balaban J connectivity index is 1.54. The van der Waals surface area contributed by atoms with Crippen molar-refractivity contribution in [3.05, 3.63) is 70.0 Å². The van der Waals surface area contributed by atoms with Crippen molar-refractivity contribution in [2.75, 3.05) is 6.61 Å². The van der Waals surface area contributed by atoms with Crippen LogP contribution in [0.1, 0.15) is 22.1 Å². The molecule has 1 unspecified atom stereocenters. The van der Waals surface area contributed by atoms with Crippen LogP contribution in [-0.2, 0) is 0 Å². The van der Waals surface area contributed by atoms with Crippen LogP contribution in [0.15, 0.2) is 53.2 Å². The smallest absolute Gasteiger partial charge is 0.274 e. The standard InChI is InChI=1S/C19H14Cl2N4O3/c20-13-4-11(5-14(21)6-13)17(9-26)23-19(27)16-7-18(28-25-16)10-1-2-15-12(3-10)8-22-24-15/h1-8,17,26H,9H2,(H,22,24)(H,23,27). The van der Waals surface area contributed by atoms with Crippen LogP contribution >= 0.6 is 23.2 Å². The van der Waals surface area contributed by atoms with Gasteiger partial charge in [-0.2, -0.15) is 5.10 Å². The van der Waals surface area contributed by atoms with E-state index in [-0.39, 0.29) is 12.3 Å². The molecule has 4 rings (SSSR count). The summed E-state index contributed by atoms with van der Waals surface area (Å²) in [6, 6.07) is 11.3. The number of halogens is 2. The average molecular weight is 417 g/mol. The number of nitrogens with one attached hydrogen (secondary N) is 2. The third-order valence-corrected chi connectivity index (χ3v) is 4.68. The average Bonchev–Trinajstić information content (AvgIpc) is 3.33. The first-order valence-corrected chi connectivity index (χ1v) is 9.07. The van der Waals surface area contributed by atoms with Gasteiger partial charge < -0.3 is 14.9 Å². The minimum absolute atomic E-state index is 0.0915. The van der Waals surface area contributed by atoms with Crippen LogP contribution in [0.5, 0.6) is 0 Å². The monoisotopic (exact) mass is 416 g/mol. The lowest BCUT2D eigenvalue weighted by atomic mass is 10.1. The highest BCUT2D eigenvalue weighted by Gasteiger charge is 2.19. The van der Waals surface area contributed by atoms with Crippen LogP contribution in [0.3, 0.4) is 0 Å². The summed E-state index contributed by atoms with van der Waals surface area (Å²) in [5.74, 6) is -0.0471. The van der Waals surface area contributed by atoms with Crippen molar-refractivity contribution < 1.29 is 14.4 Å². The molecule has 3 N–H and O–H groups in total. The van der Waals surface area contributed by atoms with Crippen LogP contribution < -0.4 is 5.32 Å². The molecule has 0 radical (unpaired) electrons. The molecule has 142 valence electrons. The predicted molar refractivity (Wildman–Crippen MR) is 105 cm³/mol. The third kappa shape index (κ3) is 3.73. The Morgan fingerprint density at radius 1 is 1.18 bits per heavy atom. The van der Waals surface area contributed by atoms with E-state index in [1.807, 2.05) is 18.2 Å². The highest BCUT2D eigenvalue weighted by Crippen LogP contribution is 2.26. The predicted octanol–water partition coefficient (Wildman–Crippen LogP) is 3.99. The minimum Gasteiger partial charge on any atom is -0.394 e. The number of benzene rings is 2. The lowest BCUT2D eigenvalue weighted by molar-refractivity contribution is 0.0907. The van der Waals surface area contributed by atoms with Crippen LogP contribution in [0, 0.1) is 0 Å². The summed E-state index contributed by atoms with van der Waals surface area (Å²) in [5.41, 5.74) is 2.34. The molecule has 2 heterocycles. The number of aromatic amines is 1. The van der Waals surface area contributed by atoms with Crippen molar-refractivity contribution in [1.29, 1.82) is 0 Å². The largest absolute Gasteiger partial charge is 0.394 e. The maximum atomic E-state index is 12.5. The fraction of sp³-hybridized carbons (Fsp3) is 0.105. The molecule has 2 aromatic heterocycles. The van der Waals surface area contributed by atoms with Gasteiger partial charge in [0.25, 0.3) is 5.91 Å². The number of hydrogen-bond acceptors (Lipinski definition) is 5. The summed E-state index contributed by atoms with van der Waals surface area (Å²) >= 11 is 12.0. The van der Waals surface area contributed by atoms with Crippen molar-refractivity contribution >= 4 is 40.0 Å². The molecule has 0 saturated heterocycles. The molecule has 0 spiro atoms.